The van der Waals surface area contributed by atoms with Crippen molar-refractivity contribution in [2.24, 2.45) is 5.92 Å². The molecule has 0 atom stereocenters. The molecular formula is C15H16FN3. The van der Waals surface area contributed by atoms with Gasteiger partial charge in [-0.1, -0.05) is 19.9 Å². The fraction of sp³-hybridized carbons (Fsp3) is 0.333. The average Bonchev–Trinajstić information content (AvgIpc) is 2.79. The van der Waals surface area contributed by atoms with E-state index in [-0.39, 0.29) is 12.2 Å². The Morgan fingerprint density at radius 3 is 2.89 bits per heavy atom. The molecule has 0 N–H and O–H groups in total. The van der Waals surface area contributed by atoms with Gasteiger partial charge in [0.2, 0.25) is 0 Å². The SMILES string of the molecule is CC(C)Cn1cc(-c2cc(CC#N)ccc2F)cn1. The molecule has 19 heavy (non-hydrogen) atoms. The maximum absolute atomic E-state index is 13.8. The van der Waals surface area contributed by atoms with Crippen molar-refractivity contribution in [1.29, 1.82) is 5.26 Å². The summed E-state index contributed by atoms with van der Waals surface area (Å²) in [7, 11) is 0. The molecule has 0 fully saturated rings. The van der Waals surface area contributed by atoms with Gasteiger partial charge in [0, 0.05) is 23.9 Å². The first-order valence-corrected chi connectivity index (χ1v) is 6.28. The zero-order chi connectivity index (χ0) is 13.8. The minimum atomic E-state index is -0.286. The van der Waals surface area contributed by atoms with Crippen LogP contribution in [0.4, 0.5) is 4.39 Å². The van der Waals surface area contributed by atoms with E-state index in [1.807, 2.05) is 10.9 Å². The van der Waals surface area contributed by atoms with Crippen LogP contribution in [0.1, 0.15) is 19.4 Å². The van der Waals surface area contributed by atoms with Gasteiger partial charge in [0.05, 0.1) is 18.7 Å². The molecule has 1 aromatic carbocycles. The molecule has 3 nitrogen and oxygen atoms in total. The first-order valence-electron chi connectivity index (χ1n) is 6.28. The number of halogens is 1. The van der Waals surface area contributed by atoms with E-state index in [0.29, 0.717) is 11.5 Å². The van der Waals surface area contributed by atoms with E-state index in [2.05, 4.69) is 25.0 Å². The Morgan fingerprint density at radius 2 is 2.21 bits per heavy atom. The number of nitriles is 1. The van der Waals surface area contributed by atoms with Crippen molar-refractivity contribution < 1.29 is 4.39 Å². The molecule has 1 aromatic heterocycles. The summed E-state index contributed by atoms with van der Waals surface area (Å²) in [5.41, 5.74) is 2.07. The van der Waals surface area contributed by atoms with Crippen LogP contribution in [0.2, 0.25) is 0 Å². The Bertz CT molecular complexity index is 608. The number of aromatic nitrogens is 2. The van der Waals surface area contributed by atoms with Crippen LogP contribution in [0.3, 0.4) is 0 Å². The second-order valence-corrected chi connectivity index (χ2v) is 4.99. The van der Waals surface area contributed by atoms with Crippen LogP contribution in [0.5, 0.6) is 0 Å². The van der Waals surface area contributed by atoms with Gasteiger partial charge >= 0.3 is 0 Å². The normalized spacial score (nSPS) is 10.7. The summed E-state index contributed by atoms with van der Waals surface area (Å²) < 4.78 is 15.7. The summed E-state index contributed by atoms with van der Waals surface area (Å²) in [6.07, 6.45) is 3.79. The molecule has 4 heteroatoms. The van der Waals surface area contributed by atoms with Crippen molar-refractivity contribution in [3.8, 4) is 17.2 Å². The third kappa shape index (κ3) is 3.19. The molecular weight excluding hydrogens is 241 g/mol. The second kappa shape index (κ2) is 5.66. The summed E-state index contributed by atoms with van der Waals surface area (Å²) in [6.45, 7) is 5.02. The highest BCUT2D eigenvalue weighted by Gasteiger charge is 2.09. The van der Waals surface area contributed by atoms with Gasteiger partial charge in [0.25, 0.3) is 0 Å². The maximum Gasteiger partial charge on any atom is 0.131 e. The first-order chi connectivity index (χ1) is 9.10. The van der Waals surface area contributed by atoms with Gasteiger partial charge in [-0.3, -0.25) is 4.68 Å². The van der Waals surface area contributed by atoms with Crippen LogP contribution in [0, 0.1) is 23.1 Å². The summed E-state index contributed by atoms with van der Waals surface area (Å²) in [6, 6.07) is 6.83. The van der Waals surface area contributed by atoms with E-state index in [9.17, 15) is 4.39 Å². The molecule has 2 rings (SSSR count). The van der Waals surface area contributed by atoms with Gasteiger partial charge < -0.3 is 0 Å². The fourth-order valence-electron chi connectivity index (χ4n) is 1.97. The minimum Gasteiger partial charge on any atom is -0.272 e. The van der Waals surface area contributed by atoms with Crippen molar-refractivity contribution in [2.75, 3.05) is 0 Å². The van der Waals surface area contributed by atoms with Crippen LogP contribution in [0.15, 0.2) is 30.6 Å². The number of hydrogen-bond acceptors (Lipinski definition) is 2. The molecule has 0 radical (unpaired) electrons. The molecule has 0 aliphatic heterocycles. The molecule has 0 aliphatic carbocycles. The molecule has 0 saturated heterocycles. The van der Waals surface area contributed by atoms with Crippen LogP contribution in [-0.4, -0.2) is 9.78 Å². The van der Waals surface area contributed by atoms with E-state index >= 15 is 0 Å². The van der Waals surface area contributed by atoms with Crippen LogP contribution < -0.4 is 0 Å². The predicted molar refractivity (Wildman–Crippen MR) is 71.8 cm³/mol. The lowest BCUT2D eigenvalue weighted by molar-refractivity contribution is 0.483. The van der Waals surface area contributed by atoms with E-state index < -0.39 is 0 Å². The van der Waals surface area contributed by atoms with Crippen molar-refractivity contribution >= 4 is 0 Å². The van der Waals surface area contributed by atoms with Gasteiger partial charge in [-0.15, -0.1) is 0 Å². The van der Waals surface area contributed by atoms with Crippen LogP contribution in [0.25, 0.3) is 11.1 Å². The van der Waals surface area contributed by atoms with Crippen molar-refractivity contribution in [1.82, 2.24) is 9.78 Å². The van der Waals surface area contributed by atoms with Gasteiger partial charge in [-0.05, 0) is 23.6 Å². The molecule has 0 aliphatic rings. The third-order valence-corrected chi connectivity index (χ3v) is 2.81. The molecule has 98 valence electrons. The Morgan fingerprint density at radius 1 is 1.42 bits per heavy atom. The summed E-state index contributed by atoms with van der Waals surface area (Å²) >= 11 is 0. The monoisotopic (exact) mass is 257 g/mol. The highest BCUT2D eigenvalue weighted by Crippen LogP contribution is 2.24. The second-order valence-electron chi connectivity index (χ2n) is 4.99. The Kier molecular flexibility index (Phi) is 3.96. The fourth-order valence-corrected chi connectivity index (χ4v) is 1.97. The zero-order valence-corrected chi connectivity index (χ0v) is 11.1. The third-order valence-electron chi connectivity index (χ3n) is 2.81. The van der Waals surface area contributed by atoms with E-state index in [0.717, 1.165) is 17.7 Å². The quantitative estimate of drug-likeness (QED) is 0.842. The zero-order valence-electron chi connectivity index (χ0n) is 11.1. The minimum absolute atomic E-state index is 0.285. The lowest BCUT2D eigenvalue weighted by atomic mass is 10.0. The Labute approximate surface area is 112 Å². The Balaban J connectivity index is 2.33. The maximum atomic E-state index is 13.8. The molecule has 0 amide bonds. The van der Waals surface area contributed by atoms with Gasteiger partial charge in [-0.25, -0.2) is 4.39 Å². The highest BCUT2D eigenvalue weighted by atomic mass is 19.1. The summed E-state index contributed by atoms with van der Waals surface area (Å²) in [5.74, 6) is 0.202. The standard InChI is InChI=1S/C15H16FN3/c1-11(2)9-19-10-13(8-18-19)14-7-12(5-6-17)3-4-15(14)16/h3-4,7-8,10-11H,5,9H2,1-2H3. The molecule has 0 unspecified atom stereocenters. The topological polar surface area (TPSA) is 41.6 Å². The largest absolute Gasteiger partial charge is 0.272 e. The predicted octanol–water partition coefficient (Wildman–Crippen LogP) is 3.41. The lowest BCUT2D eigenvalue weighted by Crippen LogP contribution is -2.04. The van der Waals surface area contributed by atoms with E-state index in [1.165, 1.54) is 6.07 Å². The molecule has 0 bridgehead atoms. The number of rotatable bonds is 4. The van der Waals surface area contributed by atoms with E-state index in [4.69, 9.17) is 5.26 Å². The van der Waals surface area contributed by atoms with E-state index in [1.54, 1.807) is 18.3 Å². The first kappa shape index (κ1) is 13.3. The van der Waals surface area contributed by atoms with Gasteiger partial charge in [0.15, 0.2) is 0 Å². The number of nitrogens with zero attached hydrogens (tertiary/aromatic N) is 3. The molecule has 2 aromatic rings. The van der Waals surface area contributed by atoms with Crippen molar-refractivity contribution in [3.63, 3.8) is 0 Å². The molecule has 0 saturated carbocycles. The molecule has 1 heterocycles. The summed E-state index contributed by atoms with van der Waals surface area (Å²) in [5, 5.41) is 12.9. The highest BCUT2D eigenvalue weighted by molar-refractivity contribution is 5.63. The van der Waals surface area contributed by atoms with Crippen molar-refractivity contribution in [2.45, 2.75) is 26.8 Å². The summed E-state index contributed by atoms with van der Waals surface area (Å²) in [4.78, 5) is 0. The van der Waals surface area contributed by atoms with Crippen LogP contribution >= 0.6 is 0 Å². The van der Waals surface area contributed by atoms with Crippen LogP contribution in [-0.2, 0) is 13.0 Å². The van der Waals surface area contributed by atoms with Gasteiger partial charge in [-0.2, -0.15) is 10.4 Å². The smallest absolute Gasteiger partial charge is 0.131 e. The number of hydrogen-bond donors (Lipinski definition) is 0. The Hall–Kier alpha value is -2.15. The van der Waals surface area contributed by atoms with Gasteiger partial charge in [0.1, 0.15) is 5.82 Å². The molecule has 0 spiro atoms. The lowest BCUT2D eigenvalue weighted by Gasteiger charge is -2.04. The van der Waals surface area contributed by atoms with Crippen molar-refractivity contribution in [3.05, 3.63) is 42.0 Å². The number of benzene rings is 1. The average molecular weight is 257 g/mol.